The number of hydrogen-bond acceptors (Lipinski definition) is 5. The molecule has 0 aliphatic rings. The van der Waals surface area contributed by atoms with Crippen molar-refractivity contribution in [3.8, 4) is 11.8 Å². The Kier molecular flexibility index (Phi) is 4.69. The van der Waals surface area contributed by atoms with Crippen molar-refractivity contribution in [1.29, 1.82) is 5.26 Å². The number of benzene rings is 1. The average Bonchev–Trinajstić information content (AvgIpc) is 2.88. The quantitative estimate of drug-likeness (QED) is 0.856. The van der Waals surface area contributed by atoms with Crippen LogP contribution in [0, 0.1) is 11.3 Å². The van der Waals surface area contributed by atoms with Gasteiger partial charge in [-0.05, 0) is 24.1 Å². The Bertz CT molecular complexity index is 599. The molecule has 0 saturated carbocycles. The van der Waals surface area contributed by atoms with Gasteiger partial charge in [0.15, 0.2) is 5.69 Å². The number of aromatic nitrogens is 3. The largest absolute Gasteiger partial charge is 0.487 e. The van der Waals surface area contributed by atoms with Gasteiger partial charge in [0.05, 0.1) is 13.2 Å². The van der Waals surface area contributed by atoms with E-state index in [1.165, 1.54) is 10.2 Å². The molecule has 0 bridgehead atoms. The van der Waals surface area contributed by atoms with Gasteiger partial charge in [-0.25, -0.2) is 4.68 Å². The summed E-state index contributed by atoms with van der Waals surface area (Å²) in [6.07, 6.45) is 0.978. The summed E-state index contributed by atoms with van der Waals surface area (Å²) >= 11 is 0. The normalized spacial score (nSPS) is 10.2. The maximum atomic E-state index is 8.98. The minimum atomic E-state index is -0.0631. The van der Waals surface area contributed by atoms with Crippen molar-refractivity contribution in [2.45, 2.75) is 26.5 Å². The molecule has 6 nitrogen and oxygen atoms in total. The Morgan fingerprint density at radius 3 is 2.70 bits per heavy atom. The Hall–Kier alpha value is -2.39. The van der Waals surface area contributed by atoms with Crippen LogP contribution in [0.1, 0.15) is 23.9 Å². The molecule has 0 aliphatic carbocycles. The van der Waals surface area contributed by atoms with Gasteiger partial charge in [0.1, 0.15) is 24.1 Å². The molecule has 2 rings (SSSR count). The number of aryl methyl sites for hydroxylation is 1. The highest BCUT2D eigenvalue weighted by Crippen LogP contribution is 2.15. The fourth-order valence-electron chi connectivity index (χ4n) is 1.81. The van der Waals surface area contributed by atoms with Crippen LogP contribution in [0.3, 0.4) is 0 Å². The first-order chi connectivity index (χ1) is 9.78. The number of nitrogens with zero attached hydrogens (tertiary/aromatic N) is 4. The molecular formula is C14H16N4O2. The molecular weight excluding hydrogens is 256 g/mol. The van der Waals surface area contributed by atoms with Crippen molar-refractivity contribution in [3.63, 3.8) is 0 Å². The van der Waals surface area contributed by atoms with Crippen LogP contribution in [0.2, 0.25) is 0 Å². The molecule has 0 unspecified atom stereocenters. The minimum absolute atomic E-state index is 0.0631. The summed E-state index contributed by atoms with van der Waals surface area (Å²) in [4.78, 5) is 0. The highest BCUT2D eigenvalue weighted by atomic mass is 16.5. The van der Waals surface area contributed by atoms with E-state index in [0.29, 0.717) is 12.2 Å². The van der Waals surface area contributed by atoms with E-state index < -0.39 is 0 Å². The van der Waals surface area contributed by atoms with Crippen molar-refractivity contribution < 1.29 is 9.84 Å². The lowest BCUT2D eigenvalue weighted by atomic mass is 10.2. The van der Waals surface area contributed by atoms with Crippen LogP contribution in [-0.4, -0.2) is 26.7 Å². The summed E-state index contributed by atoms with van der Waals surface area (Å²) in [7, 11) is 0. The number of hydrogen-bond donors (Lipinski definition) is 1. The Morgan fingerprint density at radius 1 is 1.35 bits per heavy atom. The molecule has 0 aliphatic heterocycles. The molecule has 1 aromatic carbocycles. The lowest BCUT2D eigenvalue weighted by Gasteiger charge is -2.08. The van der Waals surface area contributed by atoms with Crippen LogP contribution < -0.4 is 4.74 Å². The van der Waals surface area contributed by atoms with Gasteiger partial charge in [0, 0.05) is 0 Å². The summed E-state index contributed by atoms with van der Waals surface area (Å²) in [5.41, 5.74) is 2.03. The molecule has 0 saturated heterocycles. The van der Waals surface area contributed by atoms with Crippen LogP contribution in [0.5, 0.6) is 5.75 Å². The summed E-state index contributed by atoms with van der Waals surface area (Å²) in [6, 6.07) is 9.77. The van der Waals surface area contributed by atoms with Crippen LogP contribution in [0.15, 0.2) is 24.3 Å². The fourth-order valence-corrected chi connectivity index (χ4v) is 1.81. The predicted octanol–water partition coefficient (Wildman–Crippen LogP) is 1.28. The third kappa shape index (κ3) is 3.13. The van der Waals surface area contributed by atoms with Crippen molar-refractivity contribution in [1.82, 2.24) is 15.0 Å². The van der Waals surface area contributed by atoms with E-state index in [9.17, 15) is 0 Å². The van der Waals surface area contributed by atoms with Crippen molar-refractivity contribution >= 4 is 0 Å². The van der Waals surface area contributed by atoms with Gasteiger partial charge in [-0.1, -0.05) is 24.3 Å². The lowest BCUT2D eigenvalue weighted by molar-refractivity contribution is 0.252. The molecule has 0 spiro atoms. The molecule has 1 aromatic heterocycles. The molecule has 0 fully saturated rings. The van der Waals surface area contributed by atoms with E-state index in [-0.39, 0.29) is 18.9 Å². The maximum absolute atomic E-state index is 8.98. The lowest BCUT2D eigenvalue weighted by Crippen LogP contribution is -2.11. The van der Waals surface area contributed by atoms with Gasteiger partial charge in [-0.3, -0.25) is 0 Å². The van der Waals surface area contributed by atoms with Crippen LogP contribution >= 0.6 is 0 Å². The molecule has 1 N–H and O–H groups in total. The molecule has 0 amide bonds. The van der Waals surface area contributed by atoms with E-state index in [1.54, 1.807) is 0 Å². The summed E-state index contributed by atoms with van der Waals surface area (Å²) in [5, 5.41) is 25.5. The van der Waals surface area contributed by atoms with E-state index in [4.69, 9.17) is 15.1 Å². The standard InChI is InChI=1S/C14H16N4O2/c1-2-11-3-5-12(6-4-11)20-10-14-13(9-15)16-17-18(14)7-8-19/h3-6,19H,2,7-8,10H2,1H3. The highest BCUT2D eigenvalue weighted by Gasteiger charge is 2.12. The first-order valence-electron chi connectivity index (χ1n) is 6.43. The zero-order valence-corrected chi connectivity index (χ0v) is 11.3. The smallest absolute Gasteiger partial charge is 0.189 e. The Labute approximate surface area is 117 Å². The summed E-state index contributed by atoms with van der Waals surface area (Å²) < 4.78 is 7.13. The number of ether oxygens (including phenoxy) is 1. The number of aliphatic hydroxyl groups is 1. The molecule has 104 valence electrons. The van der Waals surface area contributed by atoms with E-state index in [2.05, 4.69) is 17.2 Å². The first kappa shape index (κ1) is 14.0. The second-order valence-electron chi connectivity index (χ2n) is 4.23. The fraction of sp³-hybridized carbons (Fsp3) is 0.357. The van der Waals surface area contributed by atoms with Crippen LogP contribution in [0.25, 0.3) is 0 Å². The van der Waals surface area contributed by atoms with Crippen LogP contribution in [-0.2, 0) is 19.6 Å². The number of aliphatic hydroxyl groups excluding tert-OH is 1. The topological polar surface area (TPSA) is 84.0 Å². The summed E-state index contributed by atoms with van der Waals surface area (Å²) in [6.45, 7) is 2.52. The number of rotatable bonds is 6. The molecule has 0 atom stereocenters. The number of nitriles is 1. The average molecular weight is 272 g/mol. The van der Waals surface area contributed by atoms with Crippen LogP contribution in [0.4, 0.5) is 0 Å². The monoisotopic (exact) mass is 272 g/mol. The Morgan fingerprint density at radius 2 is 2.10 bits per heavy atom. The van der Waals surface area contributed by atoms with E-state index in [0.717, 1.165) is 12.2 Å². The van der Waals surface area contributed by atoms with Gasteiger partial charge in [-0.2, -0.15) is 5.26 Å². The minimum Gasteiger partial charge on any atom is -0.487 e. The van der Waals surface area contributed by atoms with Gasteiger partial charge in [0.2, 0.25) is 0 Å². The first-order valence-corrected chi connectivity index (χ1v) is 6.43. The highest BCUT2D eigenvalue weighted by molar-refractivity contribution is 5.28. The molecule has 20 heavy (non-hydrogen) atoms. The molecule has 6 heteroatoms. The zero-order valence-electron chi connectivity index (χ0n) is 11.3. The molecule has 2 aromatic rings. The predicted molar refractivity (Wildman–Crippen MR) is 72.0 cm³/mol. The summed E-state index contributed by atoms with van der Waals surface area (Å²) in [5.74, 6) is 0.725. The second-order valence-corrected chi connectivity index (χ2v) is 4.23. The molecule has 0 radical (unpaired) electrons. The van der Waals surface area contributed by atoms with E-state index >= 15 is 0 Å². The third-order valence-electron chi connectivity index (χ3n) is 2.96. The second kappa shape index (κ2) is 6.68. The van der Waals surface area contributed by atoms with Gasteiger partial charge in [0.25, 0.3) is 0 Å². The van der Waals surface area contributed by atoms with Gasteiger partial charge >= 0.3 is 0 Å². The van der Waals surface area contributed by atoms with E-state index in [1.807, 2.05) is 30.3 Å². The van der Waals surface area contributed by atoms with Crippen molar-refractivity contribution in [3.05, 3.63) is 41.2 Å². The third-order valence-corrected chi connectivity index (χ3v) is 2.96. The zero-order chi connectivity index (χ0) is 14.4. The van der Waals surface area contributed by atoms with Gasteiger partial charge in [-0.15, -0.1) is 5.10 Å². The Balaban J connectivity index is 2.09. The van der Waals surface area contributed by atoms with Crippen molar-refractivity contribution in [2.75, 3.05) is 6.61 Å². The van der Waals surface area contributed by atoms with Crippen molar-refractivity contribution in [2.24, 2.45) is 0 Å². The van der Waals surface area contributed by atoms with Gasteiger partial charge < -0.3 is 9.84 Å². The maximum Gasteiger partial charge on any atom is 0.189 e. The molecule has 1 heterocycles. The SMILES string of the molecule is CCc1ccc(OCc2c(C#N)nnn2CCO)cc1.